The molecule has 0 bridgehead atoms. The summed E-state index contributed by atoms with van der Waals surface area (Å²) in [4.78, 5) is 23.0. The van der Waals surface area contributed by atoms with Crippen LogP contribution in [-0.2, 0) is 4.74 Å². The molecule has 5 nitrogen and oxygen atoms in total. The van der Waals surface area contributed by atoms with Gasteiger partial charge in [-0.2, -0.15) is 0 Å². The number of nitrogens with zero attached hydrogens (tertiary/aromatic N) is 1. The molecule has 1 aromatic rings. The van der Waals surface area contributed by atoms with Crippen LogP contribution in [0.25, 0.3) is 0 Å². The standard InChI is InChI=1S/C18H25NO4/c1-11(2)15-8-5-12(3)9-17(15)23-18(20)14-7-6-13(4)16(10-14)19(21)22/h6-7,10-12,15,17H,5,8-9H2,1-4H3/t12-,15+,17-/m0/s1. The third kappa shape index (κ3) is 4.09. The lowest BCUT2D eigenvalue weighted by Crippen LogP contribution is -2.35. The first kappa shape index (κ1) is 17.4. The van der Waals surface area contributed by atoms with Crippen LogP contribution in [0.4, 0.5) is 5.69 Å². The van der Waals surface area contributed by atoms with Crippen molar-refractivity contribution in [3.8, 4) is 0 Å². The molecule has 1 saturated carbocycles. The number of nitro benzene ring substituents is 1. The summed E-state index contributed by atoms with van der Waals surface area (Å²) >= 11 is 0. The first-order chi connectivity index (χ1) is 10.8. The maximum absolute atomic E-state index is 12.4. The van der Waals surface area contributed by atoms with Gasteiger partial charge in [0.15, 0.2) is 0 Å². The number of rotatable bonds is 4. The van der Waals surface area contributed by atoms with Crippen LogP contribution in [0.5, 0.6) is 0 Å². The van der Waals surface area contributed by atoms with Crippen LogP contribution < -0.4 is 0 Å². The highest BCUT2D eigenvalue weighted by Gasteiger charge is 2.33. The maximum Gasteiger partial charge on any atom is 0.338 e. The Hall–Kier alpha value is -1.91. The number of benzene rings is 1. The van der Waals surface area contributed by atoms with E-state index in [9.17, 15) is 14.9 Å². The van der Waals surface area contributed by atoms with E-state index in [2.05, 4.69) is 20.8 Å². The average molecular weight is 319 g/mol. The van der Waals surface area contributed by atoms with Gasteiger partial charge in [0.05, 0.1) is 10.5 Å². The zero-order valence-corrected chi connectivity index (χ0v) is 14.2. The van der Waals surface area contributed by atoms with Gasteiger partial charge in [-0.15, -0.1) is 0 Å². The van der Waals surface area contributed by atoms with Gasteiger partial charge in [-0.05, 0) is 43.6 Å². The molecule has 23 heavy (non-hydrogen) atoms. The predicted molar refractivity (Wildman–Crippen MR) is 88.4 cm³/mol. The van der Waals surface area contributed by atoms with Crippen molar-refractivity contribution in [2.75, 3.05) is 0 Å². The van der Waals surface area contributed by atoms with Crippen LogP contribution in [0.15, 0.2) is 18.2 Å². The van der Waals surface area contributed by atoms with Gasteiger partial charge in [-0.3, -0.25) is 10.1 Å². The quantitative estimate of drug-likeness (QED) is 0.465. The van der Waals surface area contributed by atoms with Crippen LogP contribution in [-0.4, -0.2) is 17.0 Å². The Labute approximate surface area is 137 Å². The van der Waals surface area contributed by atoms with E-state index in [0.717, 1.165) is 19.3 Å². The summed E-state index contributed by atoms with van der Waals surface area (Å²) in [5.74, 6) is 0.885. The van der Waals surface area contributed by atoms with E-state index in [1.54, 1.807) is 19.1 Å². The second-order valence-electron chi connectivity index (χ2n) is 7.03. The van der Waals surface area contributed by atoms with Crippen LogP contribution >= 0.6 is 0 Å². The topological polar surface area (TPSA) is 69.4 Å². The molecule has 0 radical (unpaired) electrons. The Balaban J connectivity index is 2.17. The normalized spacial score (nSPS) is 24.5. The average Bonchev–Trinajstić information content (AvgIpc) is 2.46. The summed E-state index contributed by atoms with van der Waals surface area (Å²) in [7, 11) is 0. The zero-order chi connectivity index (χ0) is 17.1. The molecule has 5 heteroatoms. The lowest BCUT2D eigenvalue weighted by atomic mass is 9.75. The van der Waals surface area contributed by atoms with E-state index in [0.29, 0.717) is 23.3 Å². The molecule has 1 aliphatic rings. The van der Waals surface area contributed by atoms with Crippen molar-refractivity contribution in [3.63, 3.8) is 0 Å². The molecule has 0 heterocycles. The lowest BCUT2D eigenvalue weighted by molar-refractivity contribution is -0.385. The van der Waals surface area contributed by atoms with E-state index < -0.39 is 10.9 Å². The highest BCUT2D eigenvalue weighted by atomic mass is 16.6. The van der Waals surface area contributed by atoms with Crippen LogP contribution in [0.1, 0.15) is 56.0 Å². The monoisotopic (exact) mass is 319 g/mol. The van der Waals surface area contributed by atoms with Crippen molar-refractivity contribution in [1.29, 1.82) is 0 Å². The van der Waals surface area contributed by atoms with Crippen molar-refractivity contribution in [3.05, 3.63) is 39.4 Å². The fourth-order valence-corrected chi connectivity index (χ4v) is 3.39. The van der Waals surface area contributed by atoms with Crippen LogP contribution in [0.2, 0.25) is 0 Å². The summed E-state index contributed by atoms with van der Waals surface area (Å²) in [6.45, 7) is 8.13. The minimum absolute atomic E-state index is 0.0446. The number of esters is 1. The Bertz CT molecular complexity index is 597. The molecule has 126 valence electrons. The largest absolute Gasteiger partial charge is 0.458 e. The van der Waals surface area contributed by atoms with E-state index in [-0.39, 0.29) is 17.4 Å². The van der Waals surface area contributed by atoms with Crippen molar-refractivity contribution < 1.29 is 14.5 Å². The molecule has 1 aromatic carbocycles. The van der Waals surface area contributed by atoms with E-state index in [4.69, 9.17) is 4.74 Å². The van der Waals surface area contributed by atoms with Gasteiger partial charge < -0.3 is 4.74 Å². The number of aryl methyl sites for hydroxylation is 1. The second-order valence-corrected chi connectivity index (χ2v) is 7.03. The number of nitro groups is 1. The van der Waals surface area contributed by atoms with Gasteiger partial charge in [0.1, 0.15) is 6.10 Å². The summed E-state index contributed by atoms with van der Waals surface area (Å²) < 4.78 is 5.73. The van der Waals surface area contributed by atoms with Crippen molar-refractivity contribution in [2.45, 2.75) is 53.1 Å². The first-order valence-electron chi connectivity index (χ1n) is 8.25. The van der Waals surface area contributed by atoms with Gasteiger partial charge in [-0.1, -0.05) is 33.3 Å². The van der Waals surface area contributed by atoms with E-state index >= 15 is 0 Å². The molecular weight excluding hydrogens is 294 g/mol. The highest BCUT2D eigenvalue weighted by molar-refractivity contribution is 5.90. The van der Waals surface area contributed by atoms with Crippen LogP contribution in [0, 0.1) is 34.8 Å². The van der Waals surface area contributed by atoms with Gasteiger partial charge in [0.2, 0.25) is 0 Å². The zero-order valence-electron chi connectivity index (χ0n) is 14.2. The Morgan fingerprint density at radius 3 is 2.65 bits per heavy atom. The molecule has 0 amide bonds. The molecule has 1 aliphatic carbocycles. The van der Waals surface area contributed by atoms with Gasteiger partial charge in [0.25, 0.3) is 5.69 Å². The number of hydrogen-bond acceptors (Lipinski definition) is 4. The summed E-state index contributed by atoms with van der Waals surface area (Å²) in [5, 5.41) is 11.0. The lowest BCUT2D eigenvalue weighted by Gasteiger charge is -2.36. The summed E-state index contributed by atoms with van der Waals surface area (Å²) in [6, 6.07) is 4.51. The van der Waals surface area contributed by atoms with Crippen molar-refractivity contribution >= 4 is 11.7 Å². The fourth-order valence-electron chi connectivity index (χ4n) is 3.39. The van der Waals surface area contributed by atoms with Crippen LogP contribution in [0.3, 0.4) is 0 Å². The van der Waals surface area contributed by atoms with Gasteiger partial charge in [-0.25, -0.2) is 4.79 Å². The second kappa shape index (κ2) is 7.11. The number of ether oxygens (including phenoxy) is 1. The molecule has 0 spiro atoms. The molecule has 0 saturated heterocycles. The third-order valence-electron chi connectivity index (χ3n) is 4.86. The molecule has 0 N–H and O–H groups in total. The predicted octanol–water partition coefficient (Wildman–Crippen LogP) is 4.52. The SMILES string of the molecule is Cc1ccc(C(=O)O[C@H]2C[C@@H](C)CC[C@@H]2C(C)C)cc1[N+](=O)[O-]. The molecule has 2 rings (SSSR count). The number of carbonyl (C=O) groups excluding carboxylic acids is 1. The minimum Gasteiger partial charge on any atom is -0.458 e. The highest BCUT2D eigenvalue weighted by Crippen LogP contribution is 2.35. The first-order valence-corrected chi connectivity index (χ1v) is 8.25. The summed E-state index contributed by atoms with van der Waals surface area (Å²) in [6.07, 6.45) is 2.98. The van der Waals surface area contributed by atoms with Crippen molar-refractivity contribution in [2.24, 2.45) is 17.8 Å². The Morgan fingerprint density at radius 1 is 1.35 bits per heavy atom. The Morgan fingerprint density at radius 2 is 2.04 bits per heavy atom. The molecule has 0 unspecified atom stereocenters. The van der Waals surface area contributed by atoms with E-state index in [1.165, 1.54) is 6.07 Å². The van der Waals surface area contributed by atoms with E-state index in [1.807, 2.05) is 0 Å². The fraction of sp³-hybridized carbons (Fsp3) is 0.611. The minimum atomic E-state index is -0.467. The molecule has 1 fully saturated rings. The van der Waals surface area contributed by atoms with Gasteiger partial charge in [0, 0.05) is 11.6 Å². The third-order valence-corrected chi connectivity index (χ3v) is 4.86. The maximum atomic E-state index is 12.4. The van der Waals surface area contributed by atoms with Crippen molar-refractivity contribution in [1.82, 2.24) is 0 Å². The Kier molecular flexibility index (Phi) is 5.39. The molecule has 0 aliphatic heterocycles. The van der Waals surface area contributed by atoms with Gasteiger partial charge >= 0.3 is 5.97 Å². The summed E-state index contributed by atoms with van der Waals surface area (Å²) in [5.41, 5.74) is 0.748. The number of hydrogen-bond donors (Lipinski definition) is 0. The number of carbonyl (C=O) groups is 1. The molecule has 0 aromatic heterocycles. The molecular formula is C18H25NO4. The smallest absolute Gasteiger partial charge is 0.338 e. The molecule has 3 atom stereocenters.